The molecule has 0 aromatic heterocycles. The van der Waals surface area contributed by atoms with Crippen molar-refractivity contribution >= 4 is 5.69 Å². The molecule has 0 spiro atoms. The molecule has 0 saturated heterocycles. The number of hydrogen-bond donors (Lipinski definition) is 1. The van der Waals surface area contributed by atoms with Crippen molar-refractivity contribution in [2.45, 2.75) is 53.0 Å². The van der Waals surface area contributed by atoms with Gasteiger partial charge >= 0.3 is 0 Å². The summed E-state index contributed by atoms with van der Waals surface area (Å²) in [5.74, 6) is 0.590. The summed E-state index contributed by atoms with van der Waals surface area (Å²) in [5.41, 5.74) is 4.03. The van der Waals surface area contributed by atoms with Crippen molar-refractivity contribution in [3.05, 3.63) is 42.0 Å². The van der Waals surface area contributed by atoms with Crippen molar-refractivity contribution in [2.24, 2.45) is 5.92 Å². The highest BCUT2D eigenvalue weighted by Crippen LogP contribution is 2.18. The summed E-state index contributed by atoms with van der Waals surface area (Å²) in [7, 11) is 0. The van der Waals surface area contributed by atoms with E-state index >= 15 is 0 Å². The van der Waals surface area contributed by atoms with Crippen molar-refractivity contribution in [3.63, 3.8) is 0 Å². The molecule has 0 amide bonds. The van der Waals surface area contributed by atoms with Crippen LogP contribution in [0.15, 0.2) is 36.4 Å². The molecule has 18 heavy (non-hydrogen) atoms. The molecule has 0 aliphatic carbocycles. The summed E-state index contributed by atoms with van der Waals surface area (Å²) in [6.45, 7) is 15.1. The second kappa shape index (κ2) is 6.08. The van der Waals surface area contributed by atoms with Crippen LogP contribution in [0.25, 0.3) is 0 Å². The van der Waals surface area contributed by atoms with Crippen molar-refractivity contribution < 1.29 is 0 Å². The Balaban J connectivity index is 2.53. The Morgan fingerprint density at radius 1 is 1.17 bits per heavy atom. The van der Waals surface area contributed by atoms with Crippen LogP contribution >= 0.6 is 0 Å². The Hall–Kier alpha value is -1.24. The molecule has 1 rings (SSSR count). The molecule has 0 saturated carbocycles. The second-order valence-corrected chi connectivity index (χ2v) is 6.38. The molecule has 0 fully saturated rings. The maximum absolute atomic E-state index is 4.12. The van der Waals surface area contributed by atoms with Gasteiger partial charge in [0.05, 0.1) is 0 Å². The Morgan fingerprint density at radius 3 is 2.17 bits per heavy atom. The standard InChI is InChI=1S/C17H27N/c1-13(2)14(3)7-8-15-9-11-16(12-10-15)18-17(4,5)6/h9-13,18H,3,7-8H2,1-2,4-6H3. The lowest BCUT2D eigenvalue weighted by atomic mass is 9.97. The molecule has 1 aromatic carbocycles. The summed E-state index contributed by atoms with van der Waals surface area (Å²) in [4.78, 5) is 0. The first-order valence-electron chi connectivity index (χ1n) is 6.83. The van der Waals surface area contributed by atoms with Gasteiger partial charge in [-0.2, -0.15) is 0 Å². The van der Waals surface area contributed by atoms with Crippen molar-refractivity contribution in [1.29, 1.82) is 0 Å². The molecular formula is C17H27N. The number of anilines is 1. The topological polar surface area (TPSA) is 12.0 Å². The van der Waals surface area contributed by atoms with Crippen molar-refractivity contribution in [3.8, 4) is 0 Å². The third-order valence-corrected chi connectivity index (χ3v) is 3.02. The number of rotatable bonds is 5. The van der Waals surface area contributed by atoms with E-state index in [1.54, 1.807) is 0 Å². The average molecular weight is 245 g/mol. The largest absolute Gasteiger partial charge is 0.380 e. The quantitative estimate of drug-likeness (QED) is 0.716. The van der Waals surface area contributed by atoms with Crippen LogP contribution in [0.4, 0.5) is 5.69 Å². The average Bonchev–Trinajstić information content (AvgIpc) is 2.25. The van der Waals surface area contributed by atoms with Crippen LogP contribution < -0.4 is 5.32 Å². The summed E-state index contributed by atoms with van der Waals surface area (Å²) in [5, 5.41) is 3.47. The third-order valence-electron chi connectivity index (χ3n) is 3.02. The lowest BCUT2D eigenvalue weighted by molar-refractivity contribution is 0.634. The summed E-state index contributed by atoms with van der Waals surface area (Å²) in [6.07, 6.45) is 2.18. The number of allylic oxidation sites excluding steroid dienone is 1. The Kier molecular flexibility index (Phi) is 5.01. The molecule has 0 aliphatic rings. The van der Waals surface area contributed by atoms with Gasteiger partial charge in [0.25, 0.3) is 0 Å². The Morgan fingerprint density at radius 2 is 1.72 bits per heavy atom. The van der Waals surface area contributed by atoms with E-state index in [0.717, 1.165) is 12.8 Å². The molecule has 1 aromatic rings. The number of benzene rings is 1. The summed E-state index contributed by atoms with van der Waals surface area (Å²) >= 11 is 0. The zero-order chi connectivity index (χ0) is 13.8. The maximum atomic E-state index is 4.12. The molecule has 0 atom stereocenters. The highest BCUT2D eigenvalue weighted by atomic mass is 14.9. The molecule has 0 bridgehead atoms. The fraction of sp³-hybridized carbons (Fsp3) is 0.529. The van der Waals surface area contributed by atoms with Gasteiger partial charge < -0.3 is 5.32 Å². The minimum atomic E-state index is 0.118. The first-order chi connectivity index (χ1) is 8.28. The minimum Gasteiger partial charge on any atom is -0.380 e. The number of aryl methyl sites for hydroxylation is 1. The first-order valence-corrected chi connectivity index (χ1v) is 6.83. The van der Waals surface area contributed by atoms with Crippen LogP contribution in [-0.2, 0) is 6.42 Å². The van der Waals surface area contributed by atoms with Gasteiger partial charge in [-0.1, -0.05) is 38.1 Å². The lowest BCUT2D eigenvalue weighted by Crippen LogP contribution is -2.25. The molecule has 1 nitrogen and oxygen atoms in total. The Labute approximate surface area is 112 Å². The normalized spacial score (nSPS) is 11.7. The van der Waals surface area contributed by atoms with Gasteiger partial charge in [-0.3, -0.25) is 0 Å². The molecule has 100 valence electrons. The van der Waals surface area contributed by atoms with E-state index < -0.39 is 0 Å². The van der Waals surface area contributed by atoms with E-state index in [1.165, 1.54) is 16.8 Å². The minimum absolute atomic E-state index is 0.118. The zero-order valence-corrected chi connectivity index (χ0v) is 12.5. The van der Waals surface area contributed by atoms with Crippen LogP contribution in [0.3, 0.4) is 0 Å². The van der Waals surface area contributed by atoms with Crippen molar-refractivity contribution in [2.75, 3.05) is 5.32 Å². The SMILES string of the molecule is C=C(CCc1ccc(NC(C)(C)C)cc1)C(C)C. The van der Waals surface area contributed by atoms with E-state index in [0.29, 0.717) is 5.92 Å². The van der Waals surface area contributed by atoms with Gasteiger partial charge in [0.2, 0.25) is 0 Å². The van der Waals surface area contributed by atoms with Gasteiger partial charge in [-0.15, -0.1) is 0 Å². The summed E-state index contributed by atoms with van der Waals surface area (Å²) in [6, 6.07) is 8.75. The molecule has 0 aliphatic heterocycles. The molecule has 1 N–H and O–H groups in total. The van der Waals surface area contributed by atoms with Crippen LogP contribution in [0.1, 0.15) is 46.6 Å². The monoisotopic (exact) mass is 245 g/mol. The molecule has 0 unspecified atom stereocenters. The van der Waals surface area contributed by atoms with Crippen LogP contribution in [0.5, 0.6) is 0 Å². The zero-order valence-electron chi connectivity index (χ0n) is 12.5. The Bertz CT molecular complexity index is 379. The fourth-order valence-electron chi connectivity index (χ4n) is 1.78. The van der Waals surface area contributed by atoms with Gasteiger partial charge in [-0.25, -0.2) is 0 Å². The predicted molar refractivity (Wildman–Crippen MR) is 82.1 cm³/mol. The second-order valence-electron chi connectivity index (χ2n) is 6.38. The molecule has 1 heteroatoms. The highest BCUT2D eigenvalue weighted by molar-refractivity contribution is 5.46. The van der Waals surface area contributed by atoms with Crippen molar-refractivity contribution in [1.82, 2.24) is 0 Å². The van der Waals surface area contributed by atoms with Crippen LogP contribution in [0.2, 0.25) is 0 Å². The van der Waals surface area contributed by atoms with E-state index in [-0.39, 0.29) is 5.54 Å². The van der Waals surface area contributed by atoms with E-state index in [1.807, 2.05) is 0 Å². The molecule has 0 heterocycles. The third kappa shape index (κ3) is 5.39. The van der Waals surface area contributed by atoms with Gasteiger partial charge in [0.15, 0.2) is 0 Å². The highest BCUT2D eigenvalue weighted by Gasteiger charge is 2.08. The van der Waals surface area contributed by atoms with Crippen LogP contribution in [0, 0.1) is 5.92 Å². The lowest BCUT2D eigenvalue weighted by Gasteiger charge is -2.22. The maximum Gasteiger partial charge on any atom is 0.0344 e. The van der Waals surface area contributed by atoms with E-state index in [9.17, 15) is 0 Å². The van der Waals surface area contributed by atoms with Gasteiger partial charge in [-0.05, 0) is 57.2 Å². The van der Waals surface area contributed by atoms with E-state index in [4.69, 9.17) is 0 Å². The smallest absolute Gasteiger partial charge is 0.0344 e. The van der Waals surface area contributed by atoms with Crippen LogP contribution in [-0.4, -0.2) is 5.54 Å². The fourth-order valence-corrected chi connectivity index (χ4v) is 1.78. The van der Waals surface area contributed by atoms with Gasteiger partial charge in [0.1, 0.15) is 0 Å². The predicted octanol–water partition coefficient (Wildman–Crippen LogP) is 5.04. The molecular weight excluding hydrogens is 218 g/mol. The summed E-state index contributed by atoms with van der Waals surface area (Å²) < 4.78 is 0. The first kappa shape index (κ1) is 14.8. The number of nitrogens with one attached hydrogen (secondary N) is 1. The number of hydrogen-bond acceptors (Lipinski definition) is 1. The molecule has 0 radical (unpaired) electrons. The van der Waals surface area contributed by atoms with E-state index in [2.05, 4.69) is 70.8 Å². The van der Waals surface area contributed by atoms with Gasteiger partial charge in [0, 0.05) is 11.2 Å².